The molecule has 1 aromatic carbocycles. The Bertz CT molecular complexity index is 449. The first-order valence-corrected chi connectivity index (χ1v) is 5.15. The summed E-state index contributed by atoms with van der Waals surface area (Å²) in [6.07, 6.45) is 2.53. The van der Waals surface area contributed by atoms with Crippen molar-refractivity contribution >= 4 is 0 Å². The molecule has 2 N–H and O–H groups in total. The van der Waals surface area contributed by atoms with Crippen molar-refractivity contribution < 1.29 is 4.39 Å². The van der Waals surface area contributed by atoms with Crippen LogP contribution in [0.3, 0.4) is 0 Å². The molecule has 0 fully saturated rings. The van der Waals surface area contributed by atoms with E-state index in [9.17, 15) is 4.39 Å². The Morgan fingerprint density at radius 2 is 2.00 bits per heavy atom. The second kappa shape index (κ2) is 4.85. The summed E-state index contributed by atoms with van der Waals surface area (Å²) in [5.41, 5.74) is 6.31. The van der Waals surface area contributed by atoms with Gasteiger partial charge in [-0.15, -0.1) is 10.2 Å². The van der Waals surface area contributed by atoms with E-state index in [1.165, 1.54) is 12.1 Å². The van der Waals surface area contributed by atoms with Crippen LogP contribution in [0.5, 0.6) is 0 Å². The molecule has 2 aromatic rings. The van der Waals surface area contributed by atoms with Gasteiger partial charge in [-0.1, -0.05) is 0 Å². The van der Waals surface area contributed by atoms with Crippen LogP contribution in [0, 0.1) is 5.82 Å². The number of nitrogens with zero attached hydrogens (tertiary/aromatic N) is 3. The van der Waals surface area contributed by atoms with Crippen LogP contribution >= 0.6 is 0 Å². The molecule has 0 bridgehead atoms. The molecule has 0 aliphatic heterocycles. The van der Waals surface area contributed by atoms with Gasteiger partial charge in [-0.25, -0.2) is 4.39 Å². The third-order valence-corrected chi connectivity index (χ3v) is 2.32. The zero-order chi connectivity index (χ0) is 11.4. The second-order valence-corrected chi connectivity index (χ2v) is 3.50. The summed E-state index contributed by atoms with van der Waals surface area (Å²) in [6.45, 7) is 1.40. The Morgan fingerprint density at radius 1 is 1.25 bits per heavy atom. The van der Waals surface area contributed by atoms with Crippen LogP contribution in [0.1, 0.15) is 6.42 Å². The zero-order valence-electron chi connectivity index (χ0n) is 8.81. The van der Waals surface area contributed by atoms with E-state index in [0.29, 0.717) is 6.54 Å². The van der Waals surface area contributed by atoms with E-state index in [2.05, 4.69) is 10.2 Å². The van der Waals surface area contributed by atoms with E-state index in [4.69, 9.17) is 5.73 Å². The minimum Gasteiger partial charge on any atom is -0.330 e. The van der Waals surface area contributed by atoms with Crippen molar-refractivity contribution in [2.75, 3.05) is 6.54 Å². The van der Waals surface area contributed by atoms with E-state index in [1.54, 1.807) is 18.5 Å². The highest BCUT2D eigenvalue weighted by molar-refractivity contribution is 5.54. The molecule has 1 heterocycles. The first-order valence-electron chi connectivity index (χ1n) is 5.15. The summed E-state index contributed by atoms with van der Waals surface area (Å²) < 4.78 is 14.7. The summed E-state index contributed by atoms with van der Waals surface area (Å²) in [5, 5.41) is 7.87. The van der Waals surface area contributed by atoms with E-state index in [0.717, 1.165) is 24.4 Å². The van der Waals surface area contributed by atoms with Crippen LogP contribution in [0.2, 0.25) is 0 Å². The molecular formula is C11H13FN4. The van der Waals surface area contributed by atoms with E-state index in [-0.39, 0.29) is 5.82 Å². The summed E-state index contributed by atoms with van der Waals surface area (Å²) in [4.78, 5) is 0. The number of hydrogen-bond acceptors (Lipinski definition) is 3. The Balaban J connectivity index is 2.26. The summed E-state index contributed by atoms with van der Waals surface area (Å²) >= 11 is 0. The van der Waals surface area contributed by atoms with Crippen LogP contribution in [0.15, 0.2) is 30.6 Å². The predicted molar refractivity (Wildman–Crippen MR) is 59.1 cm³/mol. The molecule has 16 heavy (non-hydrogen) atoms. The van der Waals surface area contributed by atoms with Gasteiger partial charge in [0.2, 0.25) is 0 Å². The van der Waals surface area contributed by atoms with Gasteiger partial charge in [-0.2, -0.15) is 0 Å². The quantitative estimate of drug-likeness (QED) is 0.848. The fourth-order valence-corrected chi connectivity index (χ4v) is 1.50. The van der Waals surface area contributed by atoms with Gasteiger partial charge in [0.25, 0.3) is 0 Å². The number of hydrogen-bond donors (Lipinski definition) is 1. The molecule has 0 aliphatic carbocycles. The summed E-state index contributed by atoms with van der Waals surface area (Å²) in [5.74, 6) is 0.491. The smallest absolute Gasteiger partial charge is 0.163 e. The van der Waals surface area contributed by atoms with Crippen LogP contribution in [0.4, 0.5) is 4.39 Å². The molecule has 0 atom stereocenters. The Kier molecular flexibility index (Phi) is 3.26. The first kappa shape index (κ1) is 10.8. The molecule has 2 rings (SSSR count). The van der Waals surface area contributed by atoms with Crippen LogP contribution < -0.4 is 5.73 Å². The minimum absolute atomic E-state index is 0.253. The maximum absolute atomic E-state index is 12.8. The van der Waals surface area contributed by atoms with Gasteiger partial charge in [-0.05, 0) is 37.2 Å². The summed E-state index contributed by atoms with van der Waals surface area (Å²) in [7, 11) is 0. The van der Waals surface area contributed by atoms with Gasteiger partial charge < -0.3 is 10.3 Å². The molecule has 5 heteroatoms. The highest BCUT2D eigenvalue weighted by Crippen LogP contribution is 2.16. The largest absolute Gasteiger partial charge is 0.330 e. The Morgan fingerprint density at radius 3 is 2.69 bits per heavy atom. The normalized spacial score (nSPS) is 10.6. The van der Waals surface area contributed by atoms with Gasteiger partial charge in [-0.3, -0.25) is 0 Å². The first-order chi connectivity index (χ1) is 7.81. The lowest BCUT2D eigenvalue weighted by molar-refractivity contribution is 0.627. The van der Waals surface area contributed by atoms with Crippen molar-refractivity contribution in [2.24, 2.45) is 5.73 Å². The Labute approximate surface area is 92.9 Å². The molecule has 0 amide bonds. The van der Waals surface area contributed by atoms with E-state index < -0.39 is 0 Å². The van der Waals surface area contributed by atoms with Crippen molar-refractivity contribution in [3.05, 3.63) is 36.4 Å². The molecule has 0 aliphatic rings. The molecule has 0 unspecified atom stereocenters. The number of benzene rings is 1. The molecule has 0 saturated carbocycles. The maximum Gasteiger partial charge on any atom is 0.163 e. The summed E-state index contributed by atoms with van der Waals surface area (Å²) in [6, 6.07) is 6.21. The van der Waals surface area contributed by atoms with Gasteiger partial charge in [0.05, 0.1) is 0 Å². The SMILES string of the molecule is NCCCn1cnnc1-c1ccc(F)cc1. The highest BCUT2D eigenvalue weighted by Gasteiger charge is 2.06. The minimum atomic E-state index is -0.253. The average Bonchev–Trinajstić information content (AvgIpc) is 2.75. The highest BCUT2D eigenvalue weighted by atomic mass is 19.1. The van der Waals surface area contributed by atoms with Crippen molar-refractivity contribution in [3.8, 4) is 11.4 Å². The molecule has 0 spiro atoms. The lowest BCUT2D eigenvalue weighted by atomic mass is 10.2. The molecular weight excluding hydrogens is 207 g/mol. The maximum atomic E-state index is 12.8. The molecule has 0 radical (unpaired) electrons. The number of aryl methyl sites for hydroxylation is 1. The molecule has 0 saturated heterocycles. The van der Waals surface area contributed by atoms with Crippen LogP contribution in [-0.4, -0.2) is 21.3 Å². The Hall–Kier alpha value is -1.75. The lowest BCUT2D eigenvalue weighted by Gasteiger charge is -2.05. The van der Waals surface area contributed by atoms with Gasteiger partial charge >= 0.3 is 0 Å². The average molecular weight is 220 g/mol. The molecule has 1 aromatic heterocycles. The van der Waals surface area contributed by atoms with E-state index in [1.807, 2.05) is 4.57 Å². The van der Waals surface area contributed by atoms with Crippen molar-refractivity contribution in [1.29, 1.82) is 0 Å². The number of rotatable bonds is 4. The van der Waals surface area contributed by atoms with Crippen LogP contribution in [-0.2, 0) is 6.54 Å². The number of halogens is 1. The van der Waals surface area contributed by atoms with E-state index >= 15 is 0 Å². The van der Waals surface area contributed by atoms with Gasteiger partial charge in [0.1, 0.15) is 12.1 Å². The number of aromatic nitrogens is 3. The zero-order valence-corrected chi connectivity index (χ0v) is 8.81. The monoisotopic (exact) mass is 220 g/mol. The lowest BCUT2D eigenvalue weighted by Crippen LogP contribution is -2.06. The standard InChI is InChI=1S/C11H13FN4/c12-10-4-2-9(3-5-10)11-15-14-8-16(11)7-1-6-13/h2-5,8H,1,6-7,13H2. The number of nitrogens with two attached hydrogens (primary N) is 1. The fourth-order valence-electron chi connectivity index (χ4n) is 1.50. The molecule has 84 valence electrons. The van der Waals surface area contributed by atoms with Crippen molar-refractivity contribution in [3.63, 3.8) is 0 Å². The topological polar surface area (TPSA) is 56.7 Å². The van der Waals surface area contributed by atoms with Crippen LogP contribution in [0.25, 0.3) is 11.4 Å². The van der Waals surface area contributed by atoms with Crippen molar-refractivity contribution in [1.82, 2.24) is 14.8 Å². The fraction of sp³-hybridized carbons (Fsp3) is 0.273. The predicted octanol–water partition coefficient (Wildman–Crippen LogP) is 1.43. The molecule has 4 nitrogen and oxygen atoms in total. The third kappa shape index (κ3) is 2.25. The van der Waals surface area contributed by atoms with Gasteiger partial charge in [0, 0.05) is 12.1 Å². The third-order valence-electron chi connectivity index (χ3n) is 2.32. The van der Waals surface area contributed by atoms with Crippen molar-refractivity contribution in [2.45, 2.75) is 13.0 Å². The second-order valence-electron chi connectivity index (χ2n) is 3.50. The van der Waals surface area contributed by atoms with Gasteiger partial charge in [0.15, 0.2) is 5.82 Å².